The van der Waals surface area contributed by atoms with Crippen LogP contribution in [0.4, 0.5) is 5.69 Å². The molecule has 168 valence electrons. The molecule has 0 aromatic heterocycles. The summed E-state index contributed by atoms with van der Waals surface area (Å²) in [5.74, 6) is 0.824. The average Bonchev–Trinajstić information content (AvgIpc) is 2.93. The number of methoxy groups -OCH3 is 1. The Balaban J connectivity index is 1.62. The summed E-state index contributed by atoms with van der Waals surface area (Å²) in [5, 5.41) is 9.22. The number of ether oxygens (including phenoxy) is 2. The van der Waals surface area contributed by atoms with Crippen LogP contribution in [0.25, 0.3) is 0 Å². The third-order valence-corrected chi connectivity index (χ3v) is 6.37. The Morgan fingerprint density at radius 3 is 1.97 bits per heavy atom. The molecule has 0 saturated carbocycles. The third-order valence-electron chi connectivity index (χ3n) is 6.37. The first-order valence-corrected chi connectivity index (χ1v) is 11.4. The van der Waals surface area contributed by atoms with Gasteiger partial charge in [0.2, 0.25) is 0 Å². The summed E-state index contributed by atoms with van der Waals surface area (Å²) in [6.07, 6.45) is 0.387. The zero-order valence-electron chi connectivity index (χ0n) is 19.0. The van der Waals surface area contributed by atoms with Gasteiger partial charge in [-0.25, -0.2) is 0 Å². The van der Waals surface area contributed by atoms with Crippen LogP contribution in [-0.2, 0) is 4.74 Å². The van der Waals surface area contributed by atoms with E-state index in [-0.39, 0.29) is 18.4 Å². The van der Waals surface area contributed by atoms with Gasteiger partial charge in [0, 0.05) is 17.7 Å². The molecule has 3 atom stereocenters. The normalized spacial score (nSPS) is 19.9. The smallest absolute Gasteiger partial charge is 0.157 e. The molecule has 1 aliphatic heterocycles. The Kier molecular flexibility index (Phi) is 6.29. The molecule has 1 fully saturated rings. The maximum atomic E-state index is 9.22. The topological polar surface area (TPSA) is 45.5 Å². The number of hydrogen-bond acceptors (Lipinski definition) is 4. The van der Waals surface area contributed by atoms with E-state index in [0.29, 0.717) is 5.56 Å². The fourth-order valence-corrected chi connectivity index (χ4v) is 4.64. The first kappa shape index (κ1) is 21.8. The fourth-order valence-electron chi connectivity index (χ4n) is 4.64. The van der Waals surface area contributed by atoms with Gasteiger partial charge in [-0.3, -0.25) is 0 Å². The van der Waals surface area contributed by atoms with Crippen LogP contribution >= 0.6 is 0 Å². The van der Waals surface area contributed by atoms with Crippen molar-refractivity contribution in [2.45, 2.75) is 24.8 Å². The summed E-state index contributed by atoms with van der Waals surface area (Å²) in [4.78, 5) is 2.37. The summed E-state index contributed by atoms with van der Waals surface area (Å²) in [7, 11) is 1.68. The minimum Gasteiger partial charge on any atom is -0.497 e. The van der Waals surface area contributed by atoms with E-state index in [0.717, 1.165) is 29.0 Å². The highest BCUT2D eigenvalue weighted by molar-refractivity contribution is 5.54. The van der Waals surface area contributed by atoms with Crippen molar-refractivity contribution in [3.05, 3.63) is 131 Å². The van der Waals surface area contributed by atoms with Crippen LogP contribution in [0.2, 0.25) is 0 Å². The van der Waals surface area contributed by atoms with E-state index in [4.69, 9.17) is 9.47 Å². The predicted molar refractivity (Wildman–Crippen MR) is 133 cm³/mol. The molecule has 0 radical (unpaired) electrons. The SMILES string of the molecule is COc1ccc(N2C(c3ccccc3)CC(c3ccc(C#N)cc3)OC2c2ccccc2)cc1. The van der Waals surface area contributed by atoms with Gasteiger partial charge < -0.3 is 14.4 Å². The lowest BCUT2D eigenvalue weighted by atomic mass is 9.91. The minimum absolute atomic E-state index is 0.0918. The van der Waals surface area contributed by atoms with Crippen LogP contribution in [0.1, 0.15) is 47.0 Å². The molecule has 1 heterocycles. The lowest BCUT2D eigenvalue weighted by molar-refractivity contribution is -0.0594. The molecule has 5 rings (SSSR count). The number of anilines is 1. The number of rotatable bonds is 5. The Morgan fingerprint density at radius 1 is 0.765 bits per heavy atom. The highest BCUT2D eigenvalue weighted by Crippen LogP contribution is 2.48. The molecule has 4 heteroatoms. The van der Waals surface area contributed by atoms with Gasteiger partial charge in [0.25, 0.3) is 0 Å². The second kappa shape index (κ2) is 9.82. The molecule has 0 N–H and O–H groups in total. The van der Waals surface area contributed by atoms with Crippen LogP contribution in [0.5, 0.6) is 5.75 Å². The zero-order chi connectivity index (χ0) is 23.3. The number of nitrogens with zero attached hydrogens (tertiary/aromatic N) is 2. The lowest BCUT2D eigenvalue weighted by Gasteiger charge is -2.47. The number of nitriles is 1. The van der Waals surface area contributed by atoms with Gasteiger partial charge >= 0.3 is 0 Å². The van der Waals surface area contributed by atoms with Gasteiger partial charge in [-0.2, -0.15) is 5.26 Å². The van der Waals surface area contributed by atoms with Crippen LogP contribution in [0, 0.1) is 11.3 Å². The van der Waals surface area contributed by atoms with Gasteiger partial charge in [-0.1, -0.05) is 72.8 Å². The highest BCUT2D eigenvalue weighted by Gasteiger charge is 2.38. The maximum Gasteiger partial charge on any atom is 0.157 e. The molecule has 1 saturated heterocycles. The molecule has 34 heavy (non-hydrogen) atoms. The van der Waals surface area contributed by atoms with Gasteiger partial charge in [-0.05, 0) is 47.5 Å². The summed E-state index contributed by atoms with van der Waals surface area (Å²) in [5.41, 5.74) is 5.13. The molecule has 0 aliphatic carbocycles. The molecule has 1 aliphatic rings. The van der Waals surface area contributed by atoms with Crippen molar-refractivity contribution in [1.29, 1.82) is 5.26 Å². The summed E-state index contributed by atoms with van der Waals surface area (Å²) < 4.78 is 12.2. The molecule has 4 aromatic rings. The Hall–Kier alpha value is -4.07. The van der Waals surface area contributed by atoms with Crippen molar-refractivity contribution in [3.8, 4) is 11.8 Å². The van der Waals surface area contributed by atoms with E-state index < -0.39 is 0 Å². The molecular weight excluding hydrogens is 420 g/mol. The van der Waals surface area contributed by atoms with Crippen LogP contribution < -0.4 is 9.64 Å². The van der Waals surface area contributed by atoms with E-state index in [1.807, 2.05) is 60.7 Å². The first-order valence-electron chi connectivity index (χ1n) is 11.4. The lowest BCUT2D eigenvalue weighted by Crippen LogP contribution is -2.40. The zero-order valence-corrected chi connectivity index (χ0v) is 19.0. The molecule has 4 aromatic carbocycles. The Bertz CT molecular complexity index is 1200. The van der Waals surface area contributed by atoms with E-state index in [1.54, 1.807) is 7.11 Å². The number of hydrogen-bond donors (Lipinski definition) is 0. The summed E-state index contributed by atoms with van der Waals surface area (Å²) in [6, 6.07) is 39.2. The molecule has 3 unspecified atom stereocenters. The van der Waals surface area contributed by atoms with Crippen molar-refractivity contribution in [3.63, 3.8) is 0 Å². The van der Waals surface area contributed by atoms with Gasteiger partial charge in [0.05, 0.1) is 30.9 Å². The molecule has 0 amide bonds. The molecule has 4 nitrogen and oxygen atoms in total. The largest absolute Gasteiger partial charge is 0.497 e. The highest BCUT2D eigenvalue weighted by atomic mass is 16.5. The van der Waals surface area contributed by atoms with Gasteiger partial charge in [-0.15, -0.1) is 0 Å². The van der Waals surface area contributed by atoms with Crippen molar-refractivity contribution in [2.24, 2.45) is 0 Å². The summed E-state index contributed by atoms with van der Waals surface area (Å²) in [6.45, 7) is 0. The van der Waals surface area contributed by atoms with Crippen LogP contribution in [0.15, 0.2) is 109 Å². The van der Waals surface area contributed by atoms with Crippen molar-refractivity contribution < 1.29 is 9.47 Å². The monoisotopic (exact) mass is 446 g/mol. The quantitative estimate of drug-likeness (QED) is 0.332. The van der Waals surface area contributed by atoms with Gasteiger partial charge in [0.1, 0.15) is 5.75 Å². The minimum atomic E-state index is -0.283. The van der Waals surface area contributed by atoms with E-state index in [2.05, 4.69) is 59.5 Å². The van der Waals surface area contributed by atoms with Crippen LogP contribution in [0.3, 0.4) is 0 Å². The van der Waals surface area contributed by atoms with E-state index in [1.165, 1.54) is 5.56 Å². The second-order valence-corrected chi connectivity index (χ2v) is 8.39. The third kappa shape index (κ3) is 4.39. The number of benzene rings is 4. The Labute approximate surface area is 200 Å². The van der Waals surface area contributed by atoms with Crippen molar-refractivity contribution in [2.75, 3.05) is 12.0 Å². The Morgan fingerprint density at radius 2 is 1.38 bits per heavy atom. The second-order valence-electron chi connectivity index (χ2n) is 8.39. The predicted octanol–water partition coefficient (Wildman–Crippen LogP) is 6.97. The standard InChI is InChI=1S/C30H26N2O2/c1-33-27-18-16-26(17-19-27)32-28(23-8-4-2-5-9-23)20-29(24-14-12-22(21-31)13-15-24)34-30(32)25-10-6-3-7-11-25/h2-19,28-30H,20H2,1H3. The van der Waals surface area contributed by atoms with Crippen molar-refractivity contribution >= 4 is 5.69 Å². The van der Waals surface area contributed by atoms with Crippen molar-refractivity contribution in [1.82, 2.24) is 0 Å². The van der Waals surface area contributed by atoms with E-state index >= 15 is 0 Å². The fraction of sp³-hybridized carbons (Fsp3) is 0.167. The average molecular weight is 447 g/mol. The maximum absolute atomic E-state index is 9.22. The molecular formula is C30H26N2O2. The van der Waals surface area contributed by atoms with Crippen LogP contribution in [-0.4, -0.2) is 7.11 Å². The first-order chi connectivity index (χ1) is 16.8. The molecule has 0 spiro atoms. The van der Waals surface area contributed by atoms with E-state index in [9.17, 15) is 5.26 Å². The molecule has 0 bridgehead atoms. The summed E-state index contributed by atoms with van der Waals surface area (Å²) >= 11 is 0. The van der Waals surface area contributed by atoms with Gasteiger partial charge in [0.15, 0.2) is 6.23 Å².